The van der Waals surface area contributed by atoms with E-state index in [0.717, 1.165) is 31.8 Å². The lowest BCUT2D eigenvalue weighted by Gasteiger charge is -2.02. The molecule has 5 nitrogen and oxygen atoms in total. The van der Waals surface area contributed by atoms with Crippen LogP contribution < -0.4 is 5.32 Å². The maximum Gasteiger partial charge on any atom is 0.252 e. The predicted molar refractivity (Wildman–Crippen MR) is 56.5 cm³/mol. The van der Waals surface area contributed by atoms with E-state index in [0.29, 0.717) is 19.1 Å². The minimum atomic E-state index is 0.404. The third kappa shape index (κ3) is 4.90. The zero-order chi connectivity index (χ0) is 10.9. The van der Waals surface area contributed by atoms with Crippen LogP contribution in [0.15, 0.2) is 4.52 Å². The predicted octanol–water partition coefficient (Wildman–Crippen LogP) is 1.15. The molecule has 0 aromatic carbocycles. The van der Waals surface area contributed by atoms with E-state index in [1.807, 2.05) is 6.92 Å². The molecule has 0 saturated carbocycles. The summed E-state index contributed by atoms with van der Waals surface area (Å²) in [6.45, 7) is 7.10. The first kappa shape index (κ1) is 12.1. The quantitative estimate of drug-likeness (QED) is 0.656. The van der Waals surface area contributed by atoms with Crippen molar-refractivity contribution in [2.24, 2.45) is 0 Å². The van der Waals surface area contributed by atoms with Gasteiger partial charge in [-0.05, 0) is 13.0 Å². The van der Waals surface area contributed by atoms with Crippen molar-refractivity contribution < 1.29 is 9.26 Å². The van der Waals surface area contributed by atoms with Gasteiger partial charge < -0.3 is 14.6 Å². The van der Waals surface area contributed by atoms with Crippen LogP contribution in [0, 0.1) is 0 Å². The van der Waals surface area contributed by atoms with Crippen molar-refractivity contribution >= 4 is 0 Å². The Morgan fingerprint density at radius 2 is 2.20 bits per heavy atom. The second-order valence-electron chi connectivity index (χ2n) is 3.26. The smallest absolute Gasteiger partial charge is 0.252 e. The highest BCUT2D eigenvalue weighted by atomic mass is 16.5. The molecule has 0 bridgehead atoms. The average molecular weight is 213 g/mol. The second kappa shape index (κ2) is 7.36. The first-order valence-electron chi connectivity index (χ1n) is 5.46. The van der Waals surface area contributed by atoms with E-state index in [1.54, 1.807) is 0 Å². The van der Waals surface area contributed by atoms with Gasteiger partial charge in [0.15, 0.2) is 5.82 Å². The van der Waals surface area contributed by atoms with Crippen molar-refractivity contribution in [3.8, 4) is 0 Å². The number of hydrogen-bond donors (Lipinski definition) is 1. The molecule has 1 heterocycles. The summed E-state index contributed by atoms with van der Waals surface area (Å²) in [5.41, 5.74) is 0. The van der Waals surface area contributed by atoms with Crippen LogP contribution in [0.1, 0.15) is 32.0 Å². The number of aryl methyl sites for hydroxylation is 1. The molecule has 0 saturated heterocycles. The number of hydrogen-bond acceptors (Lipinski definition) is 5. The van der Waals surface area contributed by atoms with Crippen LogP contribution in [0.4, 0.5) is 0 Å². The van der Waals surface area contributed by atoms with Crippen LogP contribution in [0.25, 0.3) is 0 Å². The summed E-state index contributed by atoms with van der Waals surface area (Å²) in [5.74, 6) is 1.29. The summed E-state index contributed by atoms with van der Waals surface area (Å²) >= 11 is 0. The molecule has 0 radical (unpaired) electrons. The Labute approximate surface area is 90.2 Å². The molecular weight excluding hydrogens is 194 g/mol. The molecule has 0 aliphatic rings. The lowest BCUT2D eigenvalue weighted by molar-refractivity contribution is 0.0995. The molecule has 1 aromatic heterocycles. The van der Waals surface area contributed by atoms with Gasteiger partial charge in [0.1, 0.15) is 6.61 Å². The SMILES string of the molecule is CCCNCCOCc1nc(CC)no1. The Bertz CT molecular complexity index is 263. The first-order chi connectivity index (χ1) is 7.36. The Morgan fingerprint density at radius 3 is 2.87 bits per heavy atom. The Balaban J connectivity index is 2.04. The van der Waals surface area contributed by atoms with E-state index in [-0.39, 0.29) is 0 Å². The Morgan fingerprint density at radius 1 is 1.33 bits per heavy atom. The van der Waals surface area contributed by atoms with Crippen LogP contribution in [0.3, 0.4) is 0 Å². The van der Waals surface area contributed by atoms with Gasteiger partial charge in [0, 0.05) is 13.0 Å². The van der Waals surface area contributed by atoms with Crippen molar-refractivity contribution in [2.75, 3.05) is 19.7 Å². The highest BCUT2D eigenvalue weighted by molar-refractivity contribution is 4.83. The van der Waals surface area contributed by atoms with Gasteiger partial charge >= 0.3 is 0 Å². The maximum atomic E-state index is 5.37. The fourth-order valence-electron chi connectivity index (χ4n) is 1.10. The van der Waals surface area contributed by atoms with Gasteiger partial charge in [0.2, 0.25) is 0 Å². The van der Waals surface area contributed by atoms with Crippen molar-refractivity contribution in [2.45, 2.75) is 33.3 Å². The highest BCUT2D eigenvalue weighted by Gasteiger charge is 2.03. The molecule has 0 aliphatic heterocycles. The minimum absolute atomic E-state index is 0.404. The highest BCUT2D eigenvalue weighted by Crippen LogP contribution is 1.99. The lowest BCUT2D eigenvalue weighted by Crippen LogP contribution is -2.20. The topological polar surface area (TPSA) is 60.2 Å². The summed E-state index contributed by atoms with van der Waals surface area (Å²) in [6, 6.07) is 0. The Kier molecular flexibility index (Phi) is 5.96. The molecule has 1 aromatic rings. The standard InChI is InChI=1S/C10H19N3O2/c1-3-5-11-6-7-14-8-10-12-9(4-2)13-15-10/h11H,3-8H2,1-2H3. The molecule has 0 atom stereocenters. The van der Waals surface area contributed by atoms with Crippen molar-refractivity contribution in [3.05, 3.63) is 11.7 Å². The molecule has 0 unspecified atom stereocenters. The number of ether oxygens (including phenoxy) is 1. The molecule has 86 valence electrons. The van der Waals surface area contributed by atoms with Gasteiger partial charge in [-0.25, -0.2) is 0 Å². The van der Waals surface area contributed by atoms with Gasteiger partial charge in [-0.2, -0.15) is 4.98 Å². The fraction of sp³-hybridized carbons (Fsp3) is 0.800. The van der Waals surface area contributed by atoms with Crippen LogP contribution in [0.2, 0.25) is 0 Å². The monoisotopic (exact) mass is 213 g/mol. The maximum absolute atomic E-state index is 5.37. The molecule has 1 rings (SSSR count). The summed E-state index contributed by atoms with van der Waals surface area (Å²) in [5, 5.41) is 7.03. The fourth-order valence-corrected chi connectivity index (χ4v) is 1.10. The van der Waals surface area contributed by atoms with E-state index >= 15 is 0 Å². The van der Waals surface area contributed by atoms with Crippen molar-refractivity contribution in [1.29, 1.82) is 0 Å². The Hall–Kier alpha value is -0.940. The summed E-state index contributed by atoms with van der Waals surface area (Å²) in [6.07, 6.45) is 1.94. The number of aromatic nitrogens is 2. The van der Waals surface area contributed by atoms with Crippen LogP contribution >= 0.6 is 0 Å². The van der Waals surface area contributed by atoms with Gasteiger partial charge in [0.05, 0.1) is 6.61 Å². The van der Waals surface area contributed by atoms with E-state index in [9.17, 15) is 0 Å². The number of nitrogens with zero attached hydrogens (tertiary/aromatic N) is 2. The zero-order valence-corrected chi connectivity index (χ0v) is 9.45. The number of rotatable bonds is 8. The summed E-state index contributed by atoms with van der Waals surface area (Å²) < 4.78 is 10.3. The summed E-state index contributed by atoms with van der Waals surface area (Å²) in [4.78, 5) is 4.14. The molecule has 0 spiro atoms. The minimum Gasteiger partial charge on any atom is -0.370 e. The van der Waals surface area contributed by atoms with Gasteiger partial charge in [-0.15, -0.1) is 0 Å². The average Bonchev–Trinajstić information content (AvgIpc) is 2.71. The van der Waals surface area contributed by atoms with Crippen LogP contribution in [-0.2, 0) is 17.8 Å². The number of nitrogens with one attached hydrogen (secondary N) is 1. The molecule has 1 N–H and O–H groups in total. The van der Waals surface area contributed by atoms with E-state index in [1.165, 1.54) is 0 Å². The van der Waals surface area contributed by atoms with Crippen molar-refractivity contribution in [3.63, 3.8) is 0 Å². The van der Waals surface area contributed by atoms with Gasteiger partial charge in [0.25, 0.3) is 5.89 Å². The van der Waals surface area contributed by atoms with Crippen molar-refractivity contribution in [1.82, 2.24) is 15.5 Å². The molecule has 15 heavy (non-hydrogen) atoms. The molecule has 0 amide bonds. The van der Waals surface area contributed by atoms with E-state index in [2.05, 4.69) is 22.4 Å². The zero-order valence-electron chi connectivity index (χ0n) is 9.45. The molecule has 5 heteroatoms. The van der Waals surface area contributed by atoms with Gasteiger partial charge in [-0.3, -0.25) is 0 Å². The van der Waals surface area contributed by atoms with Crippen LogP contribution in [0.5, 0.6) is 0 Å². The third-order valence-corrected chi connectivity index (χ3v) is 1.90. The molecule has 0 fully saturated rings. The van der Waals surface area contributed by atoms with Gasteiger partial charge in [-0.1, -0.05) is 19.0 Å². The molecular formula is C10H19N3O2. The first-order valence-corrected chi connectivity index (χ1v) is 5.46. The van der Waals surface area contributed by atoms with E-state index in [4.69, 9.17) is 9.26 Å². The second-order valence-corrected chi connectivity index (χ2v) is 3.26. The normalized spacial score (nSPS) is 10.8. The largest absolute Gasteiger partial charge is 0.370 e. The van der Waals surface area contributed by atoms with E-state index < -0.39 is 0 Å². The molecule has 0 aliphatic carbocycles. The van der Waals surface area contributed by atoms with Crippen LogP contribution in [-0.4, -0.2) is 29.8 Å². The third-order valence-electron chi connectivity index (χ3n) is 1.90. The lowest BCUT2D eigenvalue weighted by atomic mass is 10.5. The summed E-state index contributed by atoms with van der Waals surface area (Å²) in [7, 11) is 0.